The van der Waals surface area contributed by atoms with Crippen LogP contribution in [0.2, 0.25) is 5.02 Å². The summed E-state index contributed by atoms with van der Waals surface area (Å²) in [7, 11) is 1.69. The zero-order valence-electron chi connectivity index (χ0n) is 10.1. The third-order valence-corrected chi connectivity index (χ3v) is 2.75. The molecular formula is C12H14ClN3O2. The van der Waals surface area contributed by atoms with E-state index < -0.39 is 5.97 Å². The molecule has 0 saturated carbocycles. The van der Waals surface area contributed by atoms with Gasteiger partial charge in [0, 0.05) is 19.3 Å². The number of carbonyl (C=O) groups is 1. The highest BCUT2D eigenvalue weighted by Crippen LogP contribution is 2.32. The van der Waals surface area contributed by atoms with E-state index in [2.05, 4.69) is 6.07 Å². The Kier molecular flexibility index (Phi) is 4.40. The van der Waals surface area contributed by atoms with Gasteiger partial charge in [-0.2, -0.15) is 5.26 Å². The zero-order chi connectivity index (χ0) is 13.9. The van der Waals surface area contributed by atoms with Gasteiger partial charge in [0.15, 0.2) is 0 Å². The molecule has 3 N–H and O–H groups in total. The number of carboxylic acids is 1. The molecule has 1 rings (SSSR count). The fraction of sp³-hybridized carbons (Fsp3) is 0.333. The molecule has 1 aromatic carbocycles. The number of nitriles is 1. The van der Waals surface area contributed by atoms with E-state index in [4.69, 9.17) is 27.7 Å². The van der Waals surface area contributed by atoms with Crippen molar-refractivity contribution in [1.29, 1.82) is 5.26 Å². The van der Waals surface area contributed by atoms with E-state index in [9.17, 15) is 4.79 Å². The molecule has 6 heteroatoms. The standard InChI is InChI=1S/C12H14ClN3O2/c1-7(5-14)6-16(2)11-9(12(17)18)3-8(15)4-10(11)13/h3-4,7H,6,15H2,1-2H3,(H,17,18). The maximum Gasteiger partial charge on any atom is 0.337 e. The summed E-state index contributed by atoms with van der Waals surface area (Å²) in [4.78, 5) is 12.8. The molecule has 0 fully saturated rings. The number of halogens is 1. The number of hydrogen-bond donors (Lipinski definition) is 2. The first-order valence-electron chi connectivity index (χ1n) is 5.30. The van der Waals surface area contributed by atoms with Crippen LogP contribution in [-0.2, 0) is 0 Å². The van der Waals surface area contributed by atoms with E-state index in [1.54, 1.807) is 18.9 Å². The first-order chi connectivity index (χ1) is 8.36. The molecule has 18 heavy (non-hydrogen) atoms. The second-order valence-corrected chi connectivity index (χ2v) is 4.52. The Morgan fingerprint density at radius 2 is 2.28 bits per heavy atom. The summed E-state index contributed by atoms with van der Waals surface area (Å²) < 4.78 is 0. The summed E-state index contributed by atoms with van der Waals surface area (Å²) in [6, 6.07) is 4.94. The highest BCUT2D eigenvalue weighted by Gasteiger charge is 2.19. The fourth-order valence-electron chi connectivity index (χ4n) is 1.71. The molecule has 1 aromatic rings. The second kappa shape index (κ2) is 5.61. The van der Waals surface area contributed by atoms with Crippen LogP contribution < -0.4 is 10.6 Å². The van der Waals surface area contributed by atoms with Crippen molar-refractivity contribution < 1.29 is 9.90 Å². The van der Waals surface area contributed by atoms with Crippen molar-refractivity contribution in [3.8, 4) is 6.07 Å². The second-order valence-electron chi connectivity index (χ2n) is 4.11. The van der Waals surface area contributed by atoms with Crippen molar-refractivity contribution in [2.75, 3.05) is 24.2 Å². The van der Waals surface area contributed by atoms with Crippen LogP contribution in [0.25, 0.3) is 0 Å². The number of nitrogens with zero attached hydrogens (tertiary/aromatic N) is 2. The molecule has 1 unspecified atom stereocenters. The molecule has 96 valence electrons. The van der Waals surface area contributed by atoms with E-state index in [0.29, 0.717) is 17.9 Å². The largest absolute Gasteiger partial charge is 0.478 e. The topological polar surface area (TPSA) is 90.4 Å². The Hall–Kier alpha value is -1.93. The molecule has 0 aliphatic heterocycles. The first kappa shape index (κ1) is 14.1. The van der Waals surface area contributed by atoms with Crippen LogP contribution in [0.4, 0.5) is 11.4 Å². The molecule has 0 aliphatic carbocycles. The van der Waals surface area contributed by atoms with Crippen molar-refractivity contribution >= 4 is 28.9 Å². The van der Waals surface area contributed by atoms with Crippen molar-refractivity contribution in [2.45, 2.75) is 6.92 Å². The van der Waals surface area contributed by atoms with E-state index in [1.165, 1.54) is 12.1 Å². The van der Waals surface area contributed by atoms with Crippen LogP contribution in [0.1, 0.15) is 17.3 Å². The summed E-state index contributed by atoms with van der Waals surface area (Å²) in [5.41, 5.74) is 6.28. The Morgan fingerprint density at radius 3 is 2.78 bits per heavy atom. The van der Waals surface area contributed by atoms with E-state index in [-0.39, 0.29) is 16.5 Å². The summed E-state index contributed by atoms with van der Waals surface area (Å²) in [5.74, 6) is -1.33. The molecule has 0 amide bonds. The maximum absolute atomic E-state index is 11.2. The van der Waals surface area contributed by atoms with Crippen molar-refractivity contribution in [2.24, 2.45) is 5.92 Å². The number of carboxylic acid groups (broad SMARTS) is 1. The molecule has 0 radical (unpaired) electrons. The Balaban J connectivity index is 3.22. The lowest BCUT2D eigenvalue weighted by Crippen LogP contribution is -2.25. The van der Waals surface area contributed by atoms with Gasteiger partial charge in [-0.1, -0.05) is 11.6 Å². The van der Waals surface area contributed by atoms with Gasteiger partial charge in [-0.05, 0) is 19.1 Å². The summed E-state index contributed by atoms with van der Waals surface area (Å²) in [6.45, 7) is 2.14. The highest BCUT2D eigenvalue weighted by molar-refractivity contribution is 6.34. The van der Waals surface area contributed by atoms with Gasteiger partial charge in [-0.15, -0.1) is 0 Å². The lowest BCUT2D eigenvalue weighted by molar-refractivity contribution is 0.0697. The van der Waals surface area contributed by atoms with E-state index in [0.717, 1.165) is 0 Å². The molecule has 0 spiro atoms. The molecule has 0 bridgehead atoms. The van der Waals surface area contributed by atoms with Crippen molar-refractivity contribution in [1.82, 2.24) is 0 Å². The van der Waals surface area contributed by atoms with Gasteiger partial charge in [0.25, 0.3) is 0 Å². The molecule has 0 heterocycles. The predicted octanol–water partition coefficient (Wildman–Crippen LogP) is 2.22. The lowest BCUT2D eigenvalue weighted by Gasteiger charge is -2.23. The quantitative estimate of drug-likeness (QED) is 0.816. The van der Waals surface area contributed by atoms with Gasteiger partial charge >= 0.3 is 5.97 Å². The first-order valence-corrected chi connectivity index (χ1v) is 5.67. The number of hydrogen-bond acceptors (Lipinski definition) is 4. The minimum Gasteiger partial charge on any atom is -0.478 e. The van der Waals surface area contributed by atoms with Gasteiger partial charge in [0.2, 0.25) is 0 Å². The average Bonchev–Trinajstić information content (AvgIpc) is 2.27. The molecular weight excluding hydrogens is 254 g/mol. The fourth-order valence-corrected chi connectivity index (χ4v) is 2.09. The Morgan fingerprint density at radius 1 is 1.67 bits per heavy atom. The van der Waals surface area contributed by atoms with Crippen LogP contribution >= 0.6 is 11.6 Å². The Labute approximate surface area is 110 Å². The van der Waals surface area contributed by atoms with E-state index in [1.807, 2.05) is 0 Å². The lowest BCUT2D eigenvalue weighted by atomic mass is 10.1. The third-order valence-electron chi connectivity index (χ3n) is 2.47. The highest BCUT2D eigenvalue weighted by atomic mass is 35.5. The number of benzene rings is 1. The predicted molar refractivity (Wildman–Crippen MR) is 70.9 cm³/mol. The number of nitrogens with two attached hydrogens (primary N) is 1. The van der Waals surface area contributed by atoms with Crippen LogP contribution in [0.3, 0.4) is 0 Å². The number of rotatable bonds is 4. The van der Waals surface area contributed by atoms with Crippen LogP contribution in [-0.4, -0.2) is 24.7 Å². The van der Waals surface area contributed by atoms with Gasteiger partial charge in [-0.3, -0.25) is 0 Å². The SMILES string of the molecule is CC(C#N)CN(C)c1c(Cl)cc(N)cc1C(=O)O. The zero-order valence-corrected chi connectivity index (χ0v) is 10.9. The minimum atomic E-state index is -1.10. The van der Waals surface area contributed by atoms with Gasteiger partial charge in [0.1, 0.15) is 0 Å². The van der Waals surface area contributed by atoms with Crippen LogP contribution in [0, 0.1) is 17.2 Å². The average molecular weight is 268 g/mol. The van der Waals surface area contributed by atoms with Gasteiger partial charge in [0.05, 0.1) is 28.3 Å². The number of anilines is 2. The summed E-state index contributed by atoms with van der Waals surface area (Å²) >= 11 is 6.03. The Bertz CT molecular complexity index is 511. The maximum atomic E-state index is 11.2. The van der Waals surface area contributed by atoms with Gasteiger partial charge in [-0.25, -0.2) is 4.79 Å². The minimum absolute atomic E-state index is 0.0349. The molecule has 1 atom stereocenters. The molecule has 0 saturated heterocycles. The number of aromatic carboxylic acids is 1. The summed E-state index contributed by atoms with van der Waals surface area (Å²) in [6.07, 6.45) is 0. The number of nitrogen functional groups attached to an aromatic ring is 1. The monoisotopic (exact) mass is 267 g/mol. The van der Waals surface area contributed by atoms with Crippen molar-refractivity contribution in [3.63, 3.8) is 0 Å². The smallest absolute Gasteiger partial charge is 0.337 e. The normalized spacial score (nSPS) is 11.7. The van der Waals surface area contributed by atoms with E-state index >= 15 is 0 Å². The van der Waals surface area contributed by atoms with Crippen molar-refractivity contribution in [3.05, 3.63) is 22.7 Å². The van der Waals surface area contributed by atoms with Gasteiger partial charge < -0.3 is 15.7 Å². The molecule has 0 aliphatic rings. The molecule has 0 aromatic heterocycles. The summed E-state index contributed by atoms with van der Waals surface area (Å²) in [5, 5.41) is 18.2. The van der Waals surface area contributed by atoms with Crippen LogP contribution in [0.5, 0.6) is 0 Å². The third kappa shape index (κ3) is 3.05. The molecule has 5 nitrogen and oxygen atoms in total. The van der Waals surface area contributed by atoms with Crippen LogP contribution in [0.15, 0.2) is 12.1 Å².